The fourth-order valence-corrected chi connectivity index (χ4v) is 0.490. The summed E-state index contributed by atoms with van der Waals surface area (Å²) in [5, 5.41) is 0. The second-order valence-electron chi connectivity index (χ2n) is 1.83. The third-order valence-electron chi connectivity index (χ3n) is 1.20. The van der Waals surface area contributed by atoms with Crippen LogP contribution in [-0.4, -0.2) is 13.6 Å². The Kier molecular flexibility index (Phi) is 3.58. The first-order chi connectivity index (χ1) is 3.72. The van der Waals surface area contributed by atoms with Crippen molar-refractivity contribution in [2.75, 3.05) is 0 Å². The molecule has 0 aromatic carbocycles. The number of ketones is 1. The van der Waals surface area contributed by atoms with E-state index in [1.54, 1.807) is 0 Å². The van der Waals surface area contributed by atoms with E-state index in [0.29, 0.717) is 6.42 Å². The van der Waals surface area contributed by atoms with Crippen molar-refractivity contribution in [1.82, 2.24) is 0 Å². The molecule has 2 heteroatoms. The van der Waals surface area contributed by atoms with Crippen LogP contribution in [0.4, 0.5) is 0 Å². The zero-order valence-electron chi connectivity index (χ0n) is 5.48. The Morgan fingerprint density at radius 3 is 2.25 bits per heavy atom. The molecule has 0 rings (SSSR count). The summed E-state index contributed by atoms with van der Waals surface area (Å²) in [6.45, 7) is 3.75. The van der Waals surface area contributed by atoms with Crippen LogP contribution in [0.3, 0.4) is 0 Å². The van der Waals surface area contributed by atoms with E-state index in [0.717, 1.165) is 6.42 Å². The Morgan fingerprint density at radius 2 is 2.12 bits per heavy atom. The minimum Gasteiger partial charge on any atom is -0.300 e. The number of Topliss-reactive ketones (excluding diaryl/α,β-unsaturated/α-hetero) is 1. The smallest absolute Gasteiger partial charge is 0.127 e. The van der Waals surface area contributed by atoms with Gasteiger partial charge in [0, 0.05) is 6.42 Å². The number of hydrogen-bond donors (Lipinski definition) is 0. The third kappa shape index (κ3) is 2.15. The predicted molar refractivity (Wildman–Crippen MR) is 35.1 cm³/mol. The van der Waals surface area contributed by atoms with E-state index < -0.39 is 0 Å². The zero-order chi connectivity index (χ0) is 6.57. The molecular formula is C6H11BO. The standard InChI is InChI=1S/C6H11BO/c1-3-5(7)6(8)4-2/h5H,3-4H2,1-2H3. The largest absolute Gasteiger partial charge is 0.300 e. The average molecular weight is 110 g/mol. The van der Waals surface area contributed by atoms with Gasteiger partial charge in [-0.3, -0.25) is 0 Å². The van der Waals surface area contributed by atoms with Gasteiger partial charge in [-0.1, -0.05) is 20.3 Å². The quantitative estimate of drug-likeness (QED) is 0.501. The van der Waals surface area contributed by atoms with E-state index in [-0.39, 0.29) is 11.6 Å². The first-order valence-corrected chi connectivity index (χ1v) is 3.00. The summed E-state index contributed by atoms with van der Waals surface area (Å²) >= 11 is 0. The maximum Gasteiger partial charge on any atom is 0.127 e. The molecule has 0 aromatic heterocycles. The highest BCUT2D eigenvalue weighted by Gasteiger charge is 2.05. The SMILES string of the molecule is [B]C(CC)C(=O)CC. The molecule has 0 saturated carbocycles. The lowest BCUT2D eigenvalue weighted by atomic mass is 9.81. The van der Waals surface area contributed by atoms with E-state index >= 15 is 0 Å². The van der Waals surface area contributed by atoms with Crippen molar-refractivity contribution in [1.29, 1.82) is 0 Å². The number of carbonyl (C=O) groups excluding carboxylic acids is 1. The van der Waals surface area contributed by atoms with Crippen LogP contribution in [0.2, 0.25) is 5.82 Å². The van der Waals surface area contributed by atoms with Crippen molar-refractivity contribution in [2.24, 2.45) is 0 Å². The van der Waals surface area contributed by atoms with Gasteiger partial charge in [0.25, 0.3) is 0 Å². The third-order valence-corrected chi connectivity index (χ3v) is 1.20. The summed E-state index contributed by atoms with van der Waals surface area (Å²) in [6, 6.07) is 0. The molecule has 44 valence electrons. The maximum atomic E-state index is 10.6. The molecule has 0 saturated heterocycles. The normalized spacial score (nSPS) is 13.2. The molecule has 1 unspecified atom stereocenters. The van der Waals surface area contributed by atoms with Crippen LogP contribution in [0.1, 0.15) is 26.7 Å². The monoisotopic (exact) mass is 110 g/mol. The molecule has 0 N–H and O–H groups in total. The lowest BCUT2D eigenvalue weighted by Crippen LogP contribution is -2.04. The second-order valence-corrected chi connectivity index (χ2v) is 1.83. The van der Waals surface area contributed by atoms with Crippen molar-refractivity contribution in [2.45, 2.75) is 32.5 Å². The molecule has 0 aliphatic rings. The molecule has 2 radical (unpaired) electrons. The molecule has 0 aromatic rings. The molecular weight excluding hydrogens is 98.9 g/mol. The van der Waals surface area contributed by atoms with Crippen LogP contribution in [0.5, 0.6) is 0 Å². The van der Waals surface area contributed by atoms with Crippen molar-refractivity contribution >= 4 is 13.6 Å². The highest BCUT2D eigenvalue weighted by atomic mass is 16.1. The van der Waals surface area contributed by atoms with Gasteiger partial charge >= 0.3 is 0 Å². The van der Waals surface area contributed by atoms with Gasteiger partial charge in [-0.25, -0.2) is 0 Å². The number of hydrogen-bond acceptors (Lipinski definition) is 1. The van der Waals surface area contributed by atoms with Crippen molar-refractivity contribution in [3.05, 3.63) is 0 Å². The van der Waals surface area contributed by atoms with Crippen LogP contribution in [0.25, 0.3) is 0 Å². The first kappa shape index (κ1) is 7.73. The van der Waals surface area contributed by atoms with Gasteiger partial charge in [0.1, 0.15) is 5.78 Å². The Morgan fingerprint density at radius 1 is 1.62 bits per heavy atom. The van der Waals surface area contributed by atoms with Gasteiger partial charge < -0.3 is 4.79 Å². The zero-order valence-corrected chi connectivity index (χ0v) is 5.48. The van der Waals surface area contributed by atoms with Gasteiger partial charge in [-0.05, 0) is 5.82 Å². The second kappa shape index (κ2) is 3.70. The summed E-state index contributed by atoms with van der Waals surface area (Å²) in [4.78, 5) is 10.6. The summed E-state index contributed by atoms with van der Waals surface area (Å²) < 4.78 is 0. The van der Waals surface area contributed by atoms with E-state index in [9.17, 15) is 4.79 Å². The van der Waals surface area contributed by atoms with E-state index in [4.69, 9.17) is 7.85 Å². The maximum absolute atomic E-state index is 10.6. The van der Waals surface area contributed by atoms with Crippen LogP contribution in [-0.2, 0) is 4.79 Å². The summed E-state index contributed by atoms with van der Waals surface area (Å²) in [5.41, 5.74) is 0. The highest BCUT2D eigenvalue weighted by molar-refractivity contribution is 6.24. The number of carbonyl (C=O) groups is 1. The van der Waals surface area contributed by atoms with Gasteiger partial charge in [0.2, 0.25) is 0 Å². The number of rotatable bonds is 3. The molecule has 0 fully saturated rings. The Bertz CT molecular complexity index is 80.6. The molecule has 0 heterocycles. The summed E-state index contributed by atoms with van der Waals surface area (Å²) in [7, 11) is 5.38. The van der Waals surface area contributed by atoms with Crippen molar-refractivity contribution < 1.29 is 4.79 Å². The molecule has 0 aliphatic carbocycles. The van der Waals surface area contributed by atoms with Crippen LogP contribution >= 0.6 is 0 Å². The highest BCUT2D eigenvalue weighted by Crippen LogP contribution is 2.06. The van der Waals surface area contributed by atoms with Gasteiger partial charge in [0.15, 0.2) is 0 Å². The summed E-state index contributed by atoms with van der Waals surface area (Å²) in [5.74, 6) is -0.0625. The van der Waals surface area contributed by atoms with Gasteiger partial charge in [-0.2, -0.15) is 0 Å². The van der Waals surface area contributed by atoms with Crippen molar-refractivity contribution in [3.8, 4) is 0 Å². The van der Waals surface area contributed by atoms with Crippen LogP contribution < -0.4 is 0 Å². The average Bonchev–Trinajstić information content (AvgIpc) is 1.84. The minimum atomic E-state index is -0.222. The molecule has 1 nitrogen and oxygen atoms in total. The van der Waals surface area contributed by atoms with E-state index in [1.165, 1.54) is 0 Å². The van der Waals surface area contributed by atoms with Crippen LogP contribution in [0, 0.1) is 0 Å². The molecule has 0 bridgehead atoms. The Labute approximate surface area is 51.9 Å². The topological polar surface area (TPSA) is 17.1 Å². The Hall–Kier alpha value is -0.265. The molecule has 0 aliphatic heterocycles. The summed E-state index contributed by atoms with van der Waals surface area (Å²) in [6.07, 6.45) is 1.32. The fraction of sp³-hybridized carbons (Fsp3) is 0.833. The Balaban J connectivity index is 3.46. The fourth-order valence-electron chi connectivity index (χ4n) is 0.490. The minimum absolute atomic E-state index is 0.160. The lowest BCUT2D eigenvalue weighted by Gasteiger charge is -2.02. The predicted octanol–water partition coefficient (Wildman–Crippen LogP) is 1.33. The molecule has 1 atom stereocenters. The van der Waals surface area contributed by atoms with Crippen LogP contribution in [0.15, 0.2) is 0 Å². The molecule has 0 spiro atoms. The van der Waals surface area contributed by atoms with Crippen molar-refractivity contribution in [3.63, 3.8) is 0 Å². The lowest BCUT2D eigenvalue weighted by molar-refractivity contribution is -0.118. The van der Waals surface area contributed by atoms with E-state index in [1.807, 2.05) is 13.8 Å². The van der Waals surface area contributed by atoms with Gasteiger partial charge in [-0.15, -0.1) is 0 Å². The molecule has 8 heavy (non-hydrogen) atoms. The van der Waals surface area contributed by atoms with E-state index in [2.05, 4.69) is 0 Å². The van der Waals surface area contributed by atoms with Gasteiger partial charge in [0.05, 0.1) is 7.85 Å². The first-order valence-electron chi connectivity index (χ1n) is 3.00. The molecule has 0 amide bonds.